The number of primary amides is 1. The highest BCUT2D eigenvalue weighted by Crippen LogP contribution is 2.21. The molecule has 26 heavy (non-hydrogen) atoms. The molecule has 2 rings (SSSR count). The van der Waals surface area contributed by atoms with Crippen molar-refractivity contribution in [3.05, 3.63) is 29.3 Å². The predicted octanol–water partition coefficient (Wildman–Crippen LogP) is 2.67. The summed E-state index contributed by atoms with van der Waals surface area (Å²) in [4.78, 5) is 17.8. The summed E-state index contributed by atoms with van der Waals surface area (Å²) < 4.78 is 5.59. The molecule has 1 amide bonds. The highest BCUT2D eigenvalue weighted by atomic mass is 127. The summed E-state index contributed by atoms with van der Waals surface area (Å²) in [6.07, 6.45) is 2.56. The Morgan fingerprint density at radius 1 is 1.46 bits per heavy atom. The molecule has 1 aliphatic heterocycles. The van der Waals surface area contributed by atoms with Gasteiger partial charge in [-0.05, 0) is 49.8 Å². The minimum Gasteiger partial charge on any atom is -0.494 e. The number of rotatable bonds is 6. The molecule has 0 bridgehead atoms. The van der Waals surface area contributed by atoms with Gasteiger partial charge in [-0.15, -0.1) is 24.0 Å². The first kappa shape index (κ1) is 22.5. The summed E-state index contributed by atoms with van der Waals surface area (Å²) in [5.74, 6) is 1.90. The number of aryl methyl sites for hydroxylation is 1. The number of carbonyl (C=O) groups is 1. The van der Waals surface area contributed by atoms with Crippen LogP contribution >= 0.6 is 24.0 Å². The van der Waals surface area contributed by atoms with E-state index in [0.29, 0.717) is 25.5 Å². The quantitative estimate of drug-likeness (QED) is 0.378. The lowest BCUT2D eigenvalue weighted by Crippen LogP contribution is -2.46. The average Bonchev–Trinajstić information content (AvgIpc) is 2.58. The van der Waals surface area contributed by atoms with Crippen molar-refractivity contribution in [2.45, 2.75) is 39.7 Å². The number of halogens is 1. The molecule has 1 heterocycles. The maximum absolute atomic E-state index is 11.2. The number of hydrogen-bond donors (Lipinski definition) is 2. The fraction of sp³-hybridized carbons (Fsp3) is 0.579. The lowest BCUT2D eigenvalue weighted by atomic mass is 9.95. The standard InChI is InChI=1S/C19H30N4O2.HI/c1-4-25-17-8-7-15(10-14(17)2)12-22-19(21-3)23-9-5-6-16(13-23)11-18(20)24;/h7-8,10,16H,4-6,9,11-13H2,1-3H3,(H2,20,24)(H,21,22);1H. The molecule has 1 unspecified atom stereocenters. The molecule has 0 aromatic heterocycles. The molecular weight excluding hydrogens is 443 g/mol. The lowest BCUT2D eigenvalue weighted by molar-refractivity contribution is -0.119. The van der Waals surface area contributed by atoms with Crippen LogP contribution in [-0.4, -0.2) is 43.5 Å². The number of carbonyl (C=O) groups excluding carboxylic acids is 1. The Morgan fingerprint density at radius 3 is 2.85 bits per heavy atom. The minimum absolute atomic E-state index is 0. The van der Waals surface area contributed by atoms with E-state index in [1.165, 1.54) is 5.56 Å². The monoisotopic (exact) mass is 474 g/mol. The number of piperidine rings is 1. The highest BCUT2D eigenvalue weighted by Gasteiger charge is 2.23. The first-order chi connectivity index (χ1) is 12.0. The molecule has 0 saturated carbocycles. The number of nitrogens with zero attached hydrogens (tertiary/aromatic N) is 2. The second-order valence-electron chi connectivity index (χ2n) is 6.56. The first-order valence-electron chi connectivity index (χ1n) is 8.99. The van der Waals surface area contributed by atoms with Crippen LogP contribution in [0.4, 0.5) is 0 Å². The Bertz CT molecular complexity index is 622. The van der Waals surface area contributed by atoms with Crippen LogP contribution in [-0.2, 0) is 11.3 Å². The Morgan fingerprint density at radius 2 is 2.23 bits per heavy atom. The van der Waals surface area contributed by atoms with Gasteiger partial charge in [0.05, 0.1) is 6.61 Å². The van der Waals surface area contributed by atoms with Crippen molar-refractivity contribution in [3.63, 3.8) is 0 Å². The van der Waals surface area contributed by atoms with Gasteiger partial charge in [0.1, 0.15) is 5.75 Å². The van der Waals surface area contributed by atoms with Gasteiger partial charge in [0.2, 0.25) is 5.91 Å². The number of nitrogens with one attached hydrogen (secondary N) is 1. The van der Waals surface area contributed by atoms with E-state index in [0.717, 1.165) is 43.2 Å². The van der Waals surface area contributed by atoms with Crippen molar-refractivity contribution < 1.29 is 9.53 Å². The zero-order valence-corrected chi connectivity index (χ0v) is 18.3. The minimum atomic E-state index is -0.223. The van der Waals surface area contributed by atoms with Gasteiger partial charge in [-0.2, -0.15) is 0 Å². The van der Waals surface area contributed by atoms with Gasteiger partial charge in [0.15, 0.2) is 5.96 Å². The van der Waals surface area contributed by atoms with Gasteiger partial charge in [0, 0.05) is 33.1 Å². The van der Waals surface area contributed by atoms with E-state index in [1.54, 1.807) is 7.05 Å². The fourth-order valence-electron chi connectivity index (χ4n) is 3.36. The van der Waals surface area contributed by atoms with Crippen LogP contribution in [0, 0.1) is 12.8 Å². The van der Waals surface area contributed by atoms with Crippen LogP contribution in [0.25, 0.3) is 0 Å². The maximum Gasteiger partial charge on any atom is 0.217 e. The molecule has 7 heteroatoms. The van der Waals surface area contributed by atoms with E-state index in [-0.39, 0.29) is 29.9 Å². The Hall–Kier alpha value is -1.51. The second kappa shape index (κ2) is 11.3. The zero-order valence-electron chi connectivity index (χ0n) is 16.0. The Labute approximate surface area is 173 Å². The molecule has 146 valence electrons. The number of guanidine groups is 1. The van der Waals surface area contributed by atoms with E-state index in [4.69, 9.17) is 10.5 Å². The summed E-state index contributed by atoms with van der Waals surface area (Å²) in [6, 6.07) is 6.23. The second-order valence-corrected chi connectivity index (χ2v) is 6.56. The smallest absolute Gasteiger partial charge is 0.217 e. The van der Waals surface area contributed by atoms with Crippen molar-refractivity contribution in [1.82, 2.24) is 10.2 Å². The molecule has 1 saturated heterocycles. The lowest BCUT2D eigenvalue weighted by Gasteiger charge is -2.34. The predicted molar refractivity (Wildman–Crippen MR) is 116 cm³/mol. The number of nitrogens with two attached hydrogens (primary N) is 1. The first-order valence-corrected chi connectivity index (χ1v) is 8.99. The SMILES string of the molecule is CCOc1ccc(CNC(=NC)N2CCCC(CC(N)=O)C2)cc1C.I. The zero-order chi connectivity index (χ0) is 18.2. The molecule has 0 spiro atoms. The van der Waals surface area contributed by atoms with Crippen LogP contribution in [0.5, 0.6) is 5.75 Å². The van der Waals surface area contributed by atoms with E-state index in [1.807, 2.05) is 13.0 Å². The largest absolute Gasteiger partial charge is 0.494 e. The van der Waals surface area contributed by atoms with Crippen LogP contribution in [0.15, 0.2) is 23.2 Å². The van der Waals surface area contributed by atoms with Crippen molar-refractivity contribution >= 4 is 35.8 Å². The number of benzene rings is 1. The van der Waals surface area contributed by atoms with Crippen LogP contribution < -0.4 is 15.8 Å². The maximum atomic E-state index is 11.2. The summed E-state index contributed by atoms with van der Waals surface area (Å²) in [5, 5.41) is 3.43. The average molecular weight is 474 g/mol. The van der Waals surface area contributed by atoms with E-state index in [2.05, 4.69) is 34.3 Å². The third-order valence-electron chi connectivity index (χ3n) is 4.51. The van der Waals surface area contributed by atoms with Crippen molar-refractivity contribution in [2.75, 3.05) is 26.7 Å². The van der Waals surface area contributed by atoms with Gasteiger partial charge in [-0.25, -0.2) is 0 Å². The van der Waals surface area contributed by atoms with Crippen LogP contribution in [0.2, 0.25) is 0 Å². The number of hydrogen-bond acceptors (Lipinski definition) is 3. The molecule has 1 aliphatic rings. The Kier molecular flexibility index (Phi) is 9.75. The van der Waals surface area contributed by atoms with Crippen molar-refractivity contribution in [3.8, 4) is 5.75 Å². The van der Waals surface area contributed by atoms with Gasteiger partial charge in [0.25, 0.3) is 0 Å². The molecule has 1 atom stereocenters. The number of aliphatic imine (C=N–C) groups is 1. The molecule has 1 aromatic rings. The third kappa shape index (κ3) is 6.66. The van der Waals surface area contributed by atoms with Crippen molar-refractivity contribution in [2.24, 2.45) is 16.6 Å². The van der Waals surface area contributed by atoms with Gasteiger partial charge < -0.3 is 20.7 Å². The molecule has 0 aliphatic carbocycles. The topological polar surface area (TPSA) is 79.9 Å². The normalized spacial score (nSPS) is 17.4. The van der Waals surface area contributed by atoms with Gasteiger partial charge >= 0.3 is 0 Å². The molecule has 0 radical (unpaired) electrons. The molecule has 6 nitrogen and oxygen atoms in total. The molecular formula is C19H31IN4O2. The number of amides is 1. The number of ether oxygens (including phenoxy) is 1. The van der Waals surface area contributed by atoms with Gasteiger partial charge in [-0.1, -0.05) is 12.1 Å². The number of likely N-dealkylation sites (tertiary alicyclic amines) is 1. The fourth-order valence-corrected chi connectivity index (χ4v) is 3.36. The Balaban J connectivity index is 0.00000338. The molecule has 3 N–H and O–H groups in total. The molecule has 1 aromatic carbocycles. The highest BCUT2D eigenvalue weighted by molar-refractivity contribution is 14.0. The van der Waals surface area contributed by atoms with E-state index in [9.17, 15) is 4.79 Å². The summed E-state index contributed by atoms with van der Waals surface area (Å²) in [6.45, 7) is 7.21. The van der Waals surface area contributed by atoms with E-state index < -0.39 is 0 Å². The van der Waals surface area contributed by atoms with Crippen LogP contribution in [0.3, 0.4) is 0 Å². The molecule has 1 fully saturated rings. The summed E-state index contributed by atoms with van der Waals surface area (Å²) in [7, 11) is 1.80. The van der Waals surface area contributed by atoms with Crippen LogP contribution in [0.1, 0.15) is 37.3 Å². The van der Waals surface area contributed by atoms with E-state index >= 15 is 0 Å². The summed E-state index contributed by atoms with van der Waals surface area (Å²) in [5.41, 5.74) is 7.67. The third-order valence-corrected chi connectivity index (χ3v) is 4.51. The van der Waals surface area contributed by atoms with Crippen molar-refractivity contribution in [1.29, 1.82) is 0 Å². The van der Waals surface area contributed by atoms with Gasteiger partial charge in [-0.3, -0.25) is 9.79 Å². The summed E-state index contributed by atoms with van der Waals surface area (Å²) >= 11 is 0.